The van der Waals surface area contributed by atoms with Gasteiger partial charge in [-0.2, -0.15) is 0 Å². The summed E-state index contributed by atoms with van der Waals surface area (Å²) in [6.45, 7) is 0. The number of nitrogens with zero attached hydrogens (tertiary/aromatic N) is 1. The Bertz CT molecular complexity index is 2800. The van der Waals surface area contributed by atoms with Gasteiger partial charge in [-0.15, -0.1) is 0 Å². The molecule has 2 heteroatoms. The Morgan fingerprint density at radius 3 is 1.83 bits per heavy atom. The van der Waals surface area contributed by atoms with Crippen LogP contribution in [0.2, 0.25) is 0 Å². The summed E-state index contributed by atoms with van der Waals surface area (Å²) < 4.78 is 2.37. The van der Waals surface area contributed by atoms with Gasteiger partial charge >= 0.3 is 0 Å². The lowest BCUT2D eigenvalue weighted by Gasteiger charge is -2.11. The van der Waals surface area contributed by atoms with Crippen molar-refractivity contribution in [1.82, 2.24) is 9.55 Å². The summed E-state index contributed by atoms with van der Waals surface area (Å²) >= 11 is 0. The summed E-state index contributed by atoms with van der Waals surface area (Å²) in [5.41, 5.74) is 10.9. The number of fused-ring (bicyclic) bond motifs is 9. The van der Waals surface area contributed by atoms with E-state index in [0.29, 0.717) is 0 Å². The zero-order chi connectivity index (χ0) is 30.2. The highest BCUT2D eigenvalue weighted by Gasteiger charge is 2.15. The number of aromatic nitrogens is 2. The van der Waals surface area contributed by atoms with E-state index in [1.54, 1.807) is 0 Å². The highest BCUT2D eigenvalue weighted by molar-refractivity contribution is 6.23. The first kappa shape index (κ1) is 25.2. The first-order valence-electron chi connectivity index (χ1n) is 15.9. The molecule has 0 aliphatic carbocycles. The molecule has 0 saturated carbocycles. The molecular weight excluding hydrogens is 556 g/mol. The van der Waals surface area contributed by atoms with Crippen LogP contribution in [0, 0.1) is 0 Å². The standard InChI is InChI=1S/C44H28N2/c1-2-10-33(11-3-1)46-42-17-9-7-13-35(42)39-26-31(22-23-43(39)46)29-18-19-30-25-32(21-20-28(30)24-29)38-27-41-44(36-14-5-4-12-34(36)38)37-15-6-8-16-40(37)45-41/h1-27,45H. The van der Waals surface area contributed by atoms with Crippen LogP contribution in [0.15, 0.2) is 164 Å². The molecule has 0 spiro atoms. The van der Waals surface area contributed by atoms with Crippen LogP contribution in [0.4, 0.5) is 0 Å². The maximum Gasteiger partial charge on any atom is 0.0541 e. The van der Waals surface area contributed by atoms with Crippen LogP contribution in [0.1, 0.15) is 0 Å². The highest BCUT2D eigenvalue weighted by Crippen LogP contribution is 2.40. The Labute approximate surface area is 265 Å². The number of nitrogens with one attached hydrogen (secondary N) is 1. The lowest BCUT2D eigenvalue weighted by Crippen LogP contribution is -1.92. The topological polar surface area (TPSA) is 20.7 Å². The minimum Gasteiger partial charge on any atom is -0.354 e. The predicted molar refractivity (Wildman–Crippen MR) is 196 cm³/mol. The molecule has 214 valence electrons. The van der Waals surface area contributed by atoms with Crippen LogP contribution >= 0.6 is 0 Å². The molecule has 0 aliphatic rings. The first-order valence-corrected chi connectivity index (χ1v) is 15.9. The molecule has 0 saturated heterocycles. The molecular formula is C44H28N2. The summed E-state index contributed by atoms with van der Waals surface area (Å²) in [7, 11) is 0. The Hall–Kier alpha value is -6.12. The smallest absolute Gasteiger partial charge is 0.0541 e. The van der Waals surface area contributed by atoms with Gasteiger partial charge in [-0.25, -0.2) is 0 Å². The second-order valence-corrected chi connectivity index (χ2v) is 12.3. The van der Waals surface area contributed by atoms with Gasteiger partial charge in [0.25, 0.3) is 0 Å². The summed E-state index contributed by atoms with van der Waals surface area (Å²) in [5, 5.41) is 10.1. The van der Waals surface area contributed by atoms with Crippen molar-refractivity contribution in [2.45, 2.75) is 0 Å². The number of hydrogen-bond acceptors (Lipinski definition) is 0. The average molecular weight is 585 g/mol. The number of benzene rings is 8. The van der Waals surface area contributed by atoms with Crippen LogP contribution in [0.5, 0.6) is 0 Å². The Kier molecular flexibility index (Phi) is 5.31. The lowest BCUT2D eigenvalue weighted by molar-refractivity contribution is 1.18. The molecule has 46 heavy (non-hydrogen) atoms. The van der Waals surface area contributed by atoms with Crippen molar-refractivity contribution in [3.8, 4) is 27.9 Å². The van der Waals surface area contributed by atoms with Gasteiger partial charge in [-0.1, -0.05) is 109 Å². The number of H-pyrrole nitrogens is 1. The monoisotopic (exact) mass is 584 g/mol. The number of rotatable bonds is 3. The third-order valence-electron chi connectivity index (χ3n) is 9.68. The minimum absolute atomic E-state index is 1.17. The largest absolute Gasteiger partial charge is 0.354 e. The van der Waals surface area contributed by atoms with Crippen LogP contribution in [0.3, 0.4) is 0 Å². The van der Waals surface area contributed by atoms with E-state index < -0.39 is 0 Å². The van der Waals surface area contributed by atoms with Crippen molar-refractivity contribution >= 4 is 65.2 Å². The van der Waals surface area contributed by atoms with Crippen LogP contribution in [-0.2, 0) is 0 Å². The molecule has 2 nitrogen and oxygen atoms in total. The molecule has 0 fully saturated rings. The van der Waals surface area contributed by atoms with Crippen molar-refractivity contribution in [3.05, 3.63) is 164 Å². The maximum atomic E-state index is 3.68. The fourth-order valence-electron chi connectivity index (χ4n) is 7.56. The second kappa shape index (κ2) is 9.69. The van der Waals surface area contributed by atoms with Gasteiger partial charge < -0.3 is 9.55 Å². The molecule has 0 bridgehead atoms. The minimum atomic E-state index is 1.17. The molecule has 10 rings (SSSR count). The molecule has 2 aromatic heterocycles. The number of para-hydroxylation sites is 3. The third kappa shape index (κ3) is 3.71. The Balaban J connectivity index is 1.10. The molecule has 10 aromatic rings. The van der Waals surface area contributed by atoms with E-state index in [2.05, 4.69) is 173 Å². The van der Waals surface area contributed by atoms with Crippen molar-refractivity contribution in [2.24, 2.45) is 0 Å². The zero-order valence-corrected chi connectivity index (χ0v) is 25.0. The molecule has 0 unspecified atom stereocenters. The highest BCUT2D eigenvalue weighted by atomic mass is 15.0. The Morgan fingerprint density at radius 1 is 0.370 bits per heavy atom. The number of aromatic amines is 1. The van der Waals surface area contributed by atoms with E-state index >= 15 is 0 Å². The average Bonchev–Trinajstić information content (AvgIpc) is 3.67. The molecule has 1 N–H and O–H groups in total. The fourth-order valence-corrected chi connectivity index (χ4v) is 7.56. The summed E-state index contributed by atoms with van der Waals surface area (Å²) in [6.07, 6.45) is 0. The van der Waals surface area contributed by atoms with Crippen molar-refractivity contribution < 1.29 is 0 Å². The molecule has 0 aliphatic heterocycles. The number of hydrogen-bond donors (Lipinski definition) is 1. The van der Waals surface area contributed by atoms with Crippen LogP contribution < -0.4 is 0 Å². The molecule has 0 atom stereocenters. The first-order chi connectivity index (χ1) is 22.8. The summed E-state index contributed by atoms with van der Waals surface area (Å²) in [6, 6.07) is 59.7. The van der Waals surface area contributed by atoms with E-state index in [1.807, 2.05) is 0 Å². The summed E-state index contributed by atoms with van der Waals surface area (Å²) in [5.74, 6) is 0. The van der Waals surface area contributed by atoms with Gasteiger partial charge in [-0.3, -0.25) is 0 Å². The van der Waals surface area contributed by atoms with E-state index in [-0.39, 0.29) is 0 Å². The van der Waals surface area contributed by atoms with Gasteiger partial charge in [0.05, 0.1) is 11.0 Å². The molecule has 8 aromatic carbocycles. The zero-order valence-electron chi connectivity index (χ0n) is 25.0. The molecule has 0 radical (unpaired) electrons. The normalized spacial score (nSPS) is 11.9. The van der Waals surface area contributed by atoms with Gasteiger partial charge in [-0.05, 0) is 98.4 Å². The van der Waals surface area contributed by atoms with Gasteiger partial charge in [0, 0.05) is 38.3 Å². The van der Waals surface area contributed by atoms with E-state index in [1.165, 1.54) is 93.1 Å². The van der Waals surface area contributed by atoms with E-state index in [4.69, 9.17) is 0 Å². The Morgan fingerprint density at radius 2 is 0.978 bits per heavy atom. The maximum absolute atomic E-state index is 3.68. The van der Waals surface area contributed by atoms with Gasteiger partial charge in [0.2, 0.25) is 0 Å². The van der Waals surface area contributed by atoms with Gasteiger partial charge in [0.15, 0.2) is 0 Å². The van der Waals surface area contributed by atoms with Gasteiger partial charge in [0.1, 0.15) is 0 Å². The second-order valence-electron chi connectivity index (χ2n) is 12.3. The van der Waals surface area contributed by atoms with E-state index in [9.17, 15) is 0 Å². The van der Waals surface area contributed by atoms with Crippen LogP contribution in [-0.4, -0.2) is 9.55 Å². The third-order valence-corrected chi connectivity index (χ3v) is 9.68. The quantitative estimate of drug-likeness (QED) is 0.213. The molecule has 2 heterocycles. The van der Waals surface area contributed by atoms with Crippen molar-refractivity contribution in [2.75, 3.05) is 0 Å². The van der Waals surface area contributed by atoms with Crippen molar-refractivity contribution in [1.29, 1.82) is 0 Å². The molecule has 0 amide bonds. The van der Waals surface area contributed by atoms with Crippen molar-refractivity contribution in [3.63, 3.8) is 0 Å². The van der Waals surface area contributed by atoms with Crippen LogP contribution in [0.25, 0.3) is 93.1 Å². The van der Waals surface area contributed by atoms with E-state index in [0.717, 1.165) is 0 Å². The predicted octanol–water partition coefficient (Wildman–Crippen LogP) is 12.1. The lowest BCUT2D eigenvalue weighted by atomic mass is 9.93. The SMILES string of the molecule is c1ccc(-n2c3ccccc3c3cc(-c4ccc5cc(-c6cc7[nH]c8ccccc8c7c7ccccc67)ccc5c4)ccc32)cc1. The summed E-state index contributed by atoms with van der Waals surface area (Å²) in [4.78, 5) is 3.68. The fraction of sp³-hybridized carbons (Fsp3) is 0.